The lowest BCUT2D eigenvalue weighted by Gasteiger charge is -2.11. The van der Waals surface area contributed by atoms with Crippen LogP contribution in [0.2, 0.25) is 0 Å². The topological polar surface area (TPSA) is 101 Å². The van der Waals surface area contributed by atoms with E-state index in [1.54, 1.807) is 12.3 Å². The van der Waals surface area contributed by atoms with Gasteiger partial charge in [0.15, 0.2) is 0 Å². The predicted molar refractivity (Wildman–Crippen MR) is 117 cm³/mol. The first-order valence-corrected chi connectivity index (χ1v) is 9.08. The summed E-state index contributed by atoms with van der Waals surface area (Å²) < 4.78 is 0. The van der Waals surface area contributed by atoms with Gasteiger partial charge in [0.25, 0.3) is 0 Å². The lowest BCUT2D eigenvalue weighted by atomic mass is 10.1. The molecule has 146 valence electrons. The zero-order valence-electron chi connectivity index (χ0n) is 16.4. The van der Waals surface area contributed by atoms with Crippen molar-refractivity contribution in [2.75, 3.05) is 0 Å². The Hall–Kier alpha value is -3.22. The Morgan fingerprint density at radius 1 is 1.25 bits per heavy atom. The Morgan fingerprint density at radius 3 is 2.61 bits per heavy atom. The highest BCUT2D eigenvalue weighted by Gasteiger charge is 2.05. The average molecular weight is 377 g/mol. The molecule has 1 aromatic carbocycles. The van der Waals surface area contributed by atoms with Crippen molar-refractivity contribution in [3.05, 3.63) is 90.5 Å². The molecule has 0 aliphatic rings. The van der Waals surface area contributed by atoms with Crippen molar-refractivity contribution in [2.24, 2.45) is 16.6 Å². The van der Waals surface area contributed by atoms with Gasteiger partial charge in [0.05, 0.1) is 5.69 Å². The molecule has 6 heteroatoms. The Balaban J connectivity index is 2.17. The summed E-state index contributed by atoms with van der Waals surface area (Å²) in [5, 5.41) is 3.31. The fourth-order valence-electron chi connectivity index (χ4n) is 2.55. The second-order valence-electron chi connectivity index (χ2n) is 6.49. The fourth-order valence-corrected chi connectivity index (χ4v) is 2.55. The number of hydrogen-bond donors (Lipinski definition) is 4. The SMILES string of the molecule is C=C(/C=C/N=C(Cc1ccc(-c2ccccc2)nc1)N/C(C)=C/C(C)N)NN. The Bertz CT molecular complexity index is 848. The van der Waals surface area contributed by atoms with E-state index in [4.69, 9.17) is 11.6 Å². The number of nitrogens with two attached hydrogens (primary N) is 2. The van der Waals surface area contributed by atoms with E-state index in [0.29, 0.717) is 12.1 Å². The molecule has 0 spiro atoms. The molecular weight excluding hydrogens is 348 g/mol. The van der Waals surface area contributed by atoms with Gasteiger partial charge in [-0.1, -0.05) is 43.0 Å². The third-order valence-electron chi connectivity index (χ3n) is 3.81. The van der Waals surface area contributed by atoms with Gasteiger partial charge in [-0.15, -0.1) is 0 Å². The van der Waals surface area contributed by atoms with Gasteiger partial charge in [-0.3, -0.25) is 10.8 Å². The van der Waals surface area contributed by atoms with Gasteiger partial charge in [0.2, 0.25) is 0 Å². The van der Waals surface area contributed by atoms with Gasteiger partial charge >= 0.3 is 0 Å². The predicted octanol–water partition coefficient (Wildman–Crippen LogP) is 3.02. The fraction of sp³-hybridized carbons (Fsp3) is 0.182. The highest BCUT2D eigenvalue weighted by atomic mass is 15.2. The van der Waals surface area contributed by atoms with Gasteiger partial charge in [0.1, 0.15) is 5.84 Å². The van der Waals surface area contributed by atoms with Crippen LogP contribution < -0.4 is 22.3 Å². The second-order valence-corrected chi connectivity index (χ2v) is 6.49. The molecule has 0 aliphatic heterocycles. The molecule has 2 aromatic rings. The number of rotatable bonds is 8. The van der Waals surface area contributed by atoms with Crippen molar-refractivity contribution in [3.8, 4) is 11.3 Å². The number of aromatic nitrogens is 1. The van der Waals surface area contributed by atoms with Crippen molar-refractivity contribution < 1.29 is 0 Å². The molecule has 6 nitrogen and oxygen atoms in total. The Labute approximate surface area is 166 Å². The standard InChI is InChI=1S/C22H28N6/c1-16(23)13-18(3)27-22(25-12-11-17(2)28-24)14-19-9-10-21(26-15-19)20-7-5-4-6-8-20/h4-13,15-16,28H,2,14,23-24H2,1,3H3,(H,25,27)/b12-11+,18-13+. The smallest absolute Gasteiger partial charge is 0.110 e. The van der Waals surface area contributed by atoms with Gasteiger partial charge in [-0.05, 0) is 37.6 Å². The third-order valence-corrected chi connectivity index (χ3v) is 3.81. The molecular formula is C22H28N6. The maximum atomic E-state index is 5.84. The number of allylic oxidation sites excluding steroid dienone is 2. The first kappa shape index (κ1) is 21.1. The van der Waals surface area contributed by atoms with Crippen LogP contribution in [0.25, 0.3) is 11.3 Å². The van der Waals surface area contributed by atoms with E-state index in [9.17, 15) is 0 Å². The van der Waals surface area contributed by atoms with E-state index in [1.165, 1.54) is 0 Å². The number of amidine groups is 1. The zero-order chi connectivity index (χ0) is 20.4. The molecule has 28 heavy (non-hydrogen) atoms. The summed E-state index contributed by atoms with van der Waals surface area (Å²) in [4.78, 5) is 9.07. The minimum atomic E-state index is -0.0441. The highest BCUT2D eigenvalue weighted by molar-refractivity contribution is 5.86. The van der Waals surface area contributed by atoms with E-state index in [0.717, 1.165) is 28.4 Å². The number of pyridine rings is 1. The van der Waals surface area contributed by atoms with Crippen molar-refractivity contribution in [3.63, 3.8) is 0 Å². The molecule has 0 amide bonds. The van der Waals surface area contributed by atoms with Crippen LogP contribution >= 0.6 is 0 Å². The normalized spacial score (nSPS) is 13.4. The number of hydrogen-bond acceptors (Lipinski definition) is 5. The first-order valence-electron chi connectivity index (χ1n) is 9.08. The molecule has 0 fully saturated rings. The Morgan fingerprint density at radius 2 is 2.00 bits per heavy atom. The summed E-state index contributed by atoms with van der Waals surface area (Å²) in [5.41, 5.74) is 12.9. The lowest BCUT2D eigenvalue weighted by Crippen LogP contribution is -2.25. The van der Waals surface area contributed by atoms with Crippen molar-refractivity contribution in [1.29, 1.82) is 0 Å². The van der Waals surface area contributed by atoms with Gasteiger partial charge in [-0.2, -0.15) is 0 Å². The minimum absolute atomic E-state index is 0.0441. The highest BCUT2D eigenvalue weighted by Crippen LogP contribution is 2.16. The number of benzene rings is 1. The third kappa shape index (κ3) is 7.19. The van der Waals surface area contributed by atoms with Gasteiger partial charge < -0.3 is 16.5 Å². The summed E-state index contributed by atoms with van der Waals surface area (Å²) in [6.07, 6.45) is 7.75. The molecule has 6 N–H and O–H groups in total. The largest absolute Gasteiger partial charge is 0.348 e. The number of hydrazine groups is 1. The summed E-state index contributed by atoms with van der Waals surface area (Å²) in [5.74, 6) is 6.08. The molecule has 0 aliphatic carbocycles. The zero-order valence-corrected chi connectivity index (χ0v) is 16.4. The maximum Gasteiger partial charge on any atom is 0.110 e. The average Bonchev–Trinajstić information content (AvgIpc) is 2.68. The summed E-state index contributed by atoms with van der Waals surface area (Å²) in [6.45, 7) is 7.62. The van der Waals surface area contributed by atoms with E-state index in [-0.39, 0.29) is 6.04 Å². The molecule has 2 rings (SSSR count). The molecule has 1 aromatic heterocycles. The van der Waals surface area contributed by atoms with Crippen LogP contribution in [0.1, 0.15) is 19.4 Å². The van der Waals surface area contributed by atoms with Crippen LogP contribution in [0.15, 0.2) is 90.0 Å². The van der Waals surface area contributed by atoms with Crippen molar-refractivity contribution in [1.82, 2.24) is 15.7 Å². The van der Waals surface area contributed by atoms with Crippen LogP contribution in [0.5, 0.6) is 0 Å². The summed E-state index contributed by atoms with van der Waals surface area (Å²) in [6, 6.07) is 14.1. The molecule has 1 atom stereocenters. The summed E-state index contributed by atoms with van der Waals surface area (Å²) in [7, 11) is 0. The monoisotopic (exact) mass is 376 g/mol. The van der Waals surface area contributed by atoms with E-state index in [2.05, 4.69) is 33.4 Å². The van der Waals surface area contributed by atoms with E-state index >= 15 is 0 Å². The number of nitrogens with one attached hydrogen (secondary N) is 2. The first-order chi connectivity index (χ1) is 13.5. The molecule has 0 saturated carbocycles. The molecule has 1 heterocycles. The molecule has 0 radical (unpaired) electrons. The van der Waals surface area contributed by atoms with Crippen molar-refractivity contribution >= 4 is 5.84 Å². The van der Waals surface area contributed by atoms with Crippen molar-refractivity contribution in [2.45, 2.75) is 26.3 Å². The molecule has 1 unspecified atom stereocenters. The number of aliphatic imine (C=N–C) groups is 1. The van der Waals surface area contributed by atoms with Crippen LogP contribution in [-0.2, 0) is 6.42 Å². The summed E-state index contributed by atoms with van der Waals surface area (Å²) >= 11 is 0. The maximum absolute atomic E-state index is 5.84. The minimum Gasteiger partial charge on any atom is -0.348 e. The van der Waals surface area contributed by atoms with E-state index < -0.39 is 0 Å². The number of nitrogens with zero attached hydrogens (tertiary/aromatic N) is 2. The Kier molecular flexibility index (Phi) is 8.14. The van der Waals surface area contributed by atoms with Crippen LogP contribution in [0, 0.1) is 0 Å². The van der Waals surface area contributed by atoms with Gasteiger partial charge in [0, 0.05) is 41.8 Å². The second kappa shape index (κ2) is 10.8. The quantitative estimate of drug-likeness (QED) is 0.186. The van der Waals surface area contributed by atoms with E-state index in [1.807, 2.05) is 62.5 Å². The molecule has 0 bridgehead atoms. The molecule has 0 saturated heterocycles. The van der Waals surface area contributed by atoms with Gasteiger partial charge in [-0.25, -0.2) is 4.99 Å². The van der Waals surface area contributed by atoms with Crippen LogP contribution in [0.4, 0.5) is 0 Å². The van der Waals surface area contributed by atoms with Crippen LogP contribution in [0.3, 0.4) is 0 Å². The van der Waals surface area contributed by atoms with Crippen LogP contribution in [-0.4, -0.2) is 16.9 Å². The lowest BCUT2D eigenvalue weighted by molar-refractivity contribution is 0.895.